The number of hydrogen-bond donors (Lipinski definition) is 2. The van der Waals surface area contributed by atoms with Crippen LogP contribution in [0.4, 0.5) is 5.82 Å². The Kier molecular flexibility index (Phi) is 6.75. The topological polar surface area (TPSA) is 84.7 Å². The number of nitrogens with one attached hydrogen (secondary N) is 2. The molecule has 0 aliphatic rings. The first-order valence-corrected chi connectivity index (χ1v) is 11.7. The van der Waals surface area contributed by atoms with Crippen molar-refractivity contribution in [3.63, 3.8) is 0 Å². The first-order chi connectivity index (χ1) is 17.3. The van der Waals surface area contributed by atoms with Gasteiger partial charge in [-0.25, -0.2) is 15.0 Å². The SMILES string of the molecule is O=C(NCCCn1ccnc1)c1ccc2nc(NCc3ccccc3)c(-c3ccccc3)nc2c1. The van der Waals surface area contributed by atoms with Gasteiger partial charge in [-0.2, -0.15) is 0 Å². The fourth-order valence-corrected chi connectivity index (χ4v) is 3.88. The molecule has 1 amide bonds. The number of imidazole rings is 1. The molecule has 7 heteroatoms. The van der Waals surface area contributed by atoms with E-state index in [9.17, 15) is 4.79 Å². The van der Waals surface area contributed by atoms with Crippen LogP contribution in [0.2, 0.25) is 0 Å². The van der Waals surface area contributed by atoms with Gasteiger partial charge < -0.3 is 15.2 Å². The van der Waals surface area contributed by atoms with E-state index in [0.717, 1.165) is 35.3 Å². The molecule has 0 saturated heterocycles. The number of carbonyl (C=O) groups is 1. The van der Waals surface area contributed by atoms with Crippen LogP contribution in [-0.4, -0.2) is 32.0 Å². The van der Waals surface area contributed by atoms with Crippen molar-refractivity contribution in [2.75, 3.05) is 11.9 Å². The molecule has 5 aromatic rings. The minimum absolute atomic E-state index is 0.119. The molecular weight excluding hydrogens is 436 g/mol. The molecular formula is C28H26N6O. The normalized spacial score (nSPS) is 10.9. The van der Waals surface area contributed by atoms with Crippen LogP contribution in [0, 0.1) is 0 Å². The zero-order valence-electron chi connectivity index (χ0n) is 19.3. The summed E-state index contributed by atoms with van der Waals surface area (Å²) in [6.07, 6.45) is 6.26. The van der Waals surface area contributed by atoms with Gasteiger partial charge in [0, 0.05) is 43.2 Å². The second-order valence-electron chi connectivity index (χ2n) is 8.24. The summed E-state index contributed by atoms with van der Waals surface area (Å²) in [4.78, 5) is 26.5. The molecule has 2 N–H and O–H groups in total. The molecule has 2 aromatic heterocycles. The Balaban J connectivity index is 1.36. The van der Waals surface area contributed by atoms with Crippen molar-refractivity contribution in [1.82, 2.24) is 24.8 Å². The van der Waals surface area contributed by atoms with Gasteiger partial charge in [0.05, 0.1) is 17.4 Å². The molecule has 35 heavy (non-hydrogen) atoms. The summed E-state index contributed by atoms with van der Waals surface area (Å²) in [6.45, 7) is 2.03. The van der Waals surface area contributed by atoms with E-state index in [1.165, 1.54) is 0 Å². The van der Waals surface area contributed by atoms with Gasteiger partial charge in [-0.3, -0.25) is 4.79 Å². The lowest BCUT2D eigenvalue weighted by Crippen LogP contribution is -2.25. The molecule has 0 radical (unpaired) electrons. The number of hydrogen-bond acceptors (Lipinski definition) is 5. The van der Waals surface area contributed by atoms with Crippen LogP contribution in [0.25, 0.3) is 22.3 Å². The van der Waals surface area contributed by atoms with Crippen molar-refractivity contribution in [2.24, 2.45) is 0 Å². The summed E-state index contributed by atoms with van der Waals surface area (Å²) in [5, 5.41) is 6.43. The highest BCUT2D eigenvalue weighted by Crippen LogP contribution is 2.27. The Hall–Kier alpha value is -4.52. The molecule has 174 valence electrons. The van der Waals surface area contributed by atoms with Gasteiger partial charge in [0.15, 0.2) is 5.82 Å². The number of benzene rings is 3. The summed E-state index contributed by atoms with van der Waals surface area (Å²) < 4.78 is 1.99. The highest BCUT2D eigenvalue weighted by Gasteiger charge is 2.13. The van der Waals surface area contributed by atoms with Crippen molar-refractivity contribution in [3.05, 3.63) is 109 Å². The fourth-order valence-electron chi connectivity index (χ4n) is 3.88. The van der Waals surface area contributed by atoms with E-state index in [4.69, 9.17) is 9.97 Å². The van der Waals surface area contributed by atoms with Gasteiger partial charge in [-0.05, 0) is 30.2 Å². The highest BCUT2D eigenvalue weighted by molar-refractivity contribution is 5.97. The van der Waals surface area contributed by atoms with E-state index in [1.54, 1.807) is 24.7 Å². The average molecular weight is 463 g/mol. The number of amides is 1. The zero-order chi connectivity index (χ0) is 23.9. The summed E-state index contributed by atoms with van der Waals surface area (Å²) in [7, 11) is 0. The number of carbonyl (C=O) groups excluding carboxylic acids is 1. The minimum atomic E-state index is -0.119. The molecule has 7 nitrogen and oxygen atoms in total. The molecule has 0 saturated carbocycles. The van der Waals surface area contributed by atoms with Crippen molar-refractivity contribution in [2.45, 2.75) is 19.5 Å². The third-order valence-corrected chi connectivity index (χ3v) is 5.71. The monoisotopic (exact) mass is 462 g/mol. The van der Waals surface area contributed by atoms with Crippen LogP contribution in [0.1, 0.15) is 22.3 Å². The van der Waals surface area contributed by atoms with Crippen molar-refractivity contribution in [1.29, 1.82) is 0 Å². The molecule has 0 aliphatic carbocycles. The Bertz CT molecular complexity index is 1400. The summed E-state index contributed by atoms with van der Waals surface area (Å²) in [6, 6.07) is 25.6. The molecule has 2 heterocycles. The van der Waals surface area contributed by atoms with Crippen LogP contribution in [0.5, 0.6) is 0 Å². The number of aryl methyl sites for hydroxylation is 1. The smallest absolute Gasteiger partial charge is 0.251 e. The van der Waals surface area contributed by atoms with Crippen LogP contribution < -0.4 is 10.6 Å². The average Bonchev–Trinajstić information content (AvgIpc) is 3.44. The molecule has 0 unspecified atom stereocenters. The van der Waals surface area contributed by atoms with E-state index in [-0.39, 0.29) is 5.91 Å². The van der Waals surface area contributed by atoms with Gasteiger partial charge in [-0.15, -0.1) is 0 Å². The lowest BCUT2D eigenvalue weighted by atomic mass is 10.1. The van der Waals surface area contributed by atoms with Crippen molar-refractivity contribution < 1.29 is 4.79 Å². The Labute approximate surface area is 203 Å². The van der Waals surface area contributed by atoms with E-state index < -0.39 is 0 Å². The summed E-state index contributed by atoms with van der Waals surface area (Å²) in [5.74, 6) is 0.594. The van der Waals surface area contributed by atoms with Gasteiger partial charge in [0.25, 0.3) is 5.91 Å². The second-order valence-corrected chi connectivity index (χ2v) is 8.24. The largest absolute Gasteiger partial charge is 0.364 e. The number of aromatic nitrogens is 4. The quantitative estimate of drug-likeness (QED) is 0.304. The Morgan fingerprint density at radius 3 is 2.46 bits per heavy atom. The molecule has 0 spiro atoms. The maximum Gasteiger partial charge on any atom is 0.251 e. The van der Waals surface area contributed by atoms with Crippen LogP contribution in [0.15, 0.2) is 97.6 Å². The molecule has 0 aliphatic heterocycles. The van der Waals surface area contributed by atoms with Crippen molar-refractivity contribution >= 4 is 22.8 Å². The van der Waals surface area contributed by atoms with Crippen LogP contribution in [-0.2, 0) is 13.1 Å². The van der Waals surface area contributed by atoms with Crippen LogP contribution in [0.3, 0.4) is 0 Å². The van der Waals surface area contributed by atoms with Gasteiger partial charge in [0.2, 0.25) is 0 Å². The van der Waals surface area contributed by atoms with E-state index in [1.807, 2.05) is 65.4 Å². The standard InChI is InChI=1S/C28H26N6O/c35-28(30-14-7-16-34-17-15-29-20-34)23-12-13-24-25(18-23)32-26(22-10-5-2-6-11-22)27(33-24)31-19-21-8-3-1-4-9-21/h1-6,8-13,15,17-18,20H,7,14,16,19H2,(H,30,35)(H,31,33). The maximum absolute atomic E-state index is 12.7. The number of nitrogens with zero attached hydrogens (tertiary/aromatic N) is 4. The molecule has 0 atom stereocenters. The Morgan fingerprint density at radius 2 is 1.69 bits per heavy atom. The van der Waals surface area contributed by atoms with E-state index in [0.29, 0.717) is 30.0 Å². The van der Waals surface area contributed by atoms with Gasteiger partial charge in [-0.1, -0.05) is 60.7 Å². The lowest BCUT2D eigenvalue weighted by molar-refractivity contribution is 0.0953. The summed E-state index contributed by atoms with van der Waals surface area (Å²) in [5.41, 5.74) is 4.86. The van der Waals surface area contributed by atoms with Gasteiger partial charge in [0.1, 0.15) is 5.69 Å². The molecule has 0 bridgehead atoms. The number of rotatable bonds is 9. The minimum Gasteiger partial charge on any atom is -0.364 e. The molecule has 5 rings (SSSR count). The predicted octanol–water partition coefficient (Wildman–Crippen LogP) is 4.93. The third-order valence-electron chi connectivity index (χ3n) is 5.71. The third kappa shape index (κ3) is 5.52. The number of fused-ring (bicyclic) bond motifs is 1. The van der Waals surface area contributed by atoms with E-state index >= 15 is 0 Å². The first kappa shape index (κ1) is 22.3. The molecule has 0 fully saturated rings. The number of anilines is 1. The van der Waals surface area contributed by atoms with Gasteiger partial charge >= 0.3 is 0 Å². The molecule has 3 aromatic carbocycles. The predicted molar refractivity (Wildman–Crippen MR) is 138 cm³/mol. The van der Waals surface area contributed by atoms with E-state index in [2.05, 4.69) is 27.8 Å². The lowest BCUT2D eigenvalue weighted by Gasteiger charge is -2.13. The van der Waals surface area contributed by atoms with Crippen molar-refractivity contribution in [3.8, 4) is 11.3 Å². The second kappa shape index (κ2) is 10.6. The zero-order valence-corrected chi connectivity index (χ0v) is 19.3. The first-order valence-electron chi connectivity index (χ1n) is 11.7. The maximum atomic E-state index is 12.7. The highest BCUT2D eigenvalue weighted by atomic mass is 16.1. The van der Waals surface area contributed by atoms with Crippen LogP contribution >= 0.6 is 0 Å². The summed E-state index contributed by atoms with van der Waals surface area (Å²) >= 11 is 0. The fraction of sp³-hybridized carbons (Fsp3) is 0.143. The Morgan fingerprint density at radius 1 is 0.886 bits per heavy atom.